The average Bonchev–Trinajstić information content (AvgIpc) is 2.31. The van der Waals surface area contributed by atoms with Gasteiger partial charge in [0.05, 0.1) is 19.8 Å². The monoisotopic (exact) mass is 230 g/mol. The van der Waals surface area contributed by atoms with Gasteiger partial charge in [-0.05, 0) is 26.2 Å². The number of carbonyl (C=O) groups is 1. The molecule has 0 aromatic rings. The molecular formula is C12H22O4. The van der Waals surface area contributed by atoms with Crippen molar-refractivity contribution in [3.8, 4) is 0 Å². The quantitative estimate of drug-likeness (QED) is 0.512. The van der Waals surface area contributed by atoms with Crippen LogP contribution in [0.1, 0.15) is 39.5 Å². The highest BCUT2D eigenvalue weighted by Gasteiger charge is 2.14. The second kappa shape index (κ2) is 8.30. The Hall–Kier alpha value is -0.870. The standard InChI is InChI=1S/C12H22O4/c1-4-5-6-10(7-11(14)8-13)9(2)12(15)16-3/h11,13-14H,4-8H2,1-3H3. The molecule has 0 rings (SSSR count). The van der Waals surface area contributed by atoms with Gasteiger partial charge in [-0.15, -0.1) is 0 Å². The highest BCUT2D eigenvalue weighted by Crippen LogP contribution is 2.19. The number of aliphatic hydroxyl groups is 2. The molecule has 0 amide bonds. The third-order valence-corrected chi connectivity index (χ3v) is 2.55. The number of hydrogen-bond donors (Lipinski definition) is 2. The Balaban J connectivity index is 4.68. The van der Waals surface area contributed by atoms with Crippen LogP contribution in [0.3, 0.4) is 0 Å². The summed E-state index contributed by atoms with van der Waals surface area (Å²) in [5, 5.41) is 18.2. The van der Waals surface area contributed by atoms with E-state index in [1.807, 2.05) is 0 Å². The van der Waals surface area contributed by atoms with E-state index in [2.05, 4.69) is 11.7 Å². The molecule has 0 spiro atoms. The van der Waals surface area contributed by atoms with Crippen molar-refractivity contribution >= 4 is 5.97 Å². The summed E-state index contributed by atoms with van der Waals surface area (Å²) >= 11 is 0. The van der Waals surface area contributed by atoms with E-state index in [4.69, 9.17) is 5.11 Å². The summed E-state index contributed by atoms with van der Waals surface area (Å²) in [7, 11) is 1.34. The Morgan fingerprint density at radius 1 is 1.44 bits per heavy atom. The lowest BCUT2D eigenvalue weighted by Gasteiger charge is -2.13. The van der Waals surface area contributed by atoms with Gasteiger partial charge < -0.3 is 14.9 Å². The Morgan fingerprint density at radius 3 is 2.50 bits per heavy atom. The molecule has 4 heteroatoms. The van der Waals surface area contributed by atoms with Gasteiger partial charge in [-0.1, -0.05) is 18.9 Å². The van der Waals surface area contributed by atoms with Gasteiger partial charge in [-0.25, -0.2) is 4.79 Å². The van der Waals surface area contributed by atoms with E-state index >= 15 is 0 Å². The zero-order valence-electron chi connectivity index (χ0n) is 10.3. The number of aliphatic hydroxyl groups excluding tert-OH is 2. The summed E-state index contributed by atoms with van der Waals surface area (Å²) in [4.78, 5) is 11.4. The molecule has 0 bridgehead atoms. The highest BCUT2D eigenvalue weighted by atomic mass is 16.5. The van der Waals surface area contributed by atoms with E-state index in [0.29, 0.717) is 12.0 Å². The minimum atomic E-state index is -0.800. The SMILES string of the molecule is CCCCC(CC(O)CO)=C(C)C(=O)OC. The lowest BCUT2D eigenvalue weighted by molar-refractivity contribution is -0.136. The first kappa shape index (κ1) is 15.1. The van der Waals surface area contributed by atoms with Crippen LogP contribution < -0.4 is 0 Å². The Kier molecular flexibility index (Phi) is 7.85. The predicted molar refractivity (Wildman–Crippen MR) is 62.0 cm³/mol. The van der Waals surface area contributed by atoms with Crippen molar-refractivity contribution in [2.75, 3.05) is 13.7 Å². The molecule has 0 aliphatic carbocycles. The molecule has 0 saturated heterocycles. The van der Waals surface area contributed by atoms with Crippen LogP contribution in [-0.2, 0) is 9.53 Å². The Labute approximate surface area is 96.9 Å². The van der Waals surface area contributed by atoms with Gasteiger partial charge in [0.2, 0.25) is 0 Å². The third kappa shape index (κ3) is 5.28. The maximum absolute atomic E-state index is 11.4. The molecule has 2 N–H and O–H groups in total. The third-order valence-electron chi connectivity index (χ3n) is 2.55. The minimum absolute atomic E-state index is 0.288. The second-order valence-electron chi connectivity index (χ2n) is 3.86. The molecule has 94 valence electrons. The van der Waals surface area contributed by atoms with Crippen LogP contribution in [-0.4, -0.2) is 36.0 Å². The Morgan fingerprint density at radius 2 is 2.06 bits per heavy atom. The first-order chi connectivity index (χ1) is 7.56. The van der Waals surface area contributed by atoms with Crippen molar-refractivity contribution < 1.29 is 19.7 Å². The molecule has 0 heterocycles. The van der Waals surface area contributed by atoms with E-state index < -0.39 is 6.10 Å². The normalized spacial score (nSPS) is 14.3. The van der Waals surface area contributed by atoms with Crippen LogP contribution >= 0.6 is 0 Å². The molecule has 0 fully saturated rings. The van der Waals surface area contributed by atoms with Crippen molar-refractivity contribution in [2.24, 2.45) is 0 Å². The lowest BCUT2D eigenvalue weighted by Crippen LogP contribution is -2.15. The van der Waals surface area contributed by atoms with Crippen molar-refractivity contribution in [1.82, 2.24) is 0 Å². The van der Waals surface area contributed by atoms with E-state index in [1.165, 1.54) is 7.11 Å². The first-order valence-corrected chi connectivity index (χ1v) is 5.62. The van der Waals surface area contributed by atoms with Gasteiger partial charge in [0, 0.05) is 5.57 Å². The topological polar surface area (TPSA) is 66.8 Å². The van der Waals surface area contributed by atoms with E-state index in [9.17, 15) is 9.90 Å². The molecule has 0 aromatic heterocycles. The zero-order chi connectivity index (χ0) is 12.6. The summed E-state index contributed by atoms with van der Waals surface area (Å²) in [5.74, 6) is -0.365. The smallest absolute Gasteiger partial charge is 0.333 e. The van der Waals surface area contributed by atoms with Crippen molar-refractivity contribution in [1.29, 1.82) is 0 Å². The molecule has 1 atom stereocenters. The maximum atomic E-state index is 11.4. The molecule has 4 nitrogen and oxygen atoms in total. The summed E-state index contributed by atoms with van der Waals surface area (Å²) in [6.07, 6.45) is 2.27. The summed E-state index contributed by atoms with van der Waals surface area (Å²) in [6, 6.07) is 0. The van der Waals surface area contributed by atoms with E-state index in [-0.39, 0.29) is 12.6 Å². The fourth-order valence-electron chi connectivity index (χ4n) is 1.48. The molecule has 0 saturated carbocycles. The number of esters is 1. The van der Waals surface area contributed by atoms with Crippen molar-refractivity contribution in [2.45, 2.75) is 45.6 Å². The zero-order valence-corrected chi connectivity index (χ0v) is 10.3. The largest absolute Gasteiger partial charge is 0.466 e. The van der Waals surface area contributed by atoms with Gasteiger partial charge in [0.1, 0.15) is 0 Å². The van der Waals surface area contributed by atoms with Gasteiger partial charge in [0.25, 0.3) is 0 Å². The molecule has 16 heavy (non-hydrogen) atoms. The van der Waals surface area contributed by atoms with Gasteiger partial charge in [-0.2, -0.15) is 0 Å². The number of carbonyl (C=O) groups excluding carboxylic acids is 1. The van der Waals surface area contributed by atoms with Crippen LogP contribution in [0, 0.1) is 0 Å². The van der Waals surface area contributed by atoms with Crippen LogP contribution in [0.2, 0.25) is 0 Å². The lowest BCUT2D eigenvalue weighted by atomic mass is 9.97. The first-order valence-electron chi connectivity index (χ1n) is 5.62. The molecular weight excluding hydrogens is 208 g/mol. The molecule has 1 unspecified atom stereocenters. The second-order valence-corrected chi connectivity index (χ2v) is 3.86. The Bertz CT molecular complexity index is 245. The number of methoxy groups -OCH3 is 1. The number of rotatable bonds is 7. The molecule has 0 radical (unpaired) electrons. The summed E-state index contributed by atoms with van der Waals surface area (Å²) in [6.45, 7) is 3.47. The van der Waals surface area contributed by atoms with E-state index in [1.54, 1.807) is 6.92 Å². The average molecular weight is 230 g/mol. The van der Waals surface area contributed by atoms with Gasteiger partial charge in [0.15, 0.2) is 0 Å². The van der Waals surface area contributed by atoms with Crippen LogP contribution in [0.4, 0.5) is 0 Å². The predicted octanol–water partition coefficient (Wildman–Crippen LogP) is 1.41. The minimum Gasteiger partial charge on any atom is -0.466 e. The number of hydrogen-bond acceptors (Lipinski definition) is 4. The molecule has 0 aliphatic rings. The number of unbranched alkanes of at least 4 members (excludes halogenated alkanes) is 1. The fourth-order valence-corrected chi connectivity index (χ4v) is 1.48. The maximum Gasteiger partial charge on any atom is 0.333 e. The summed E-state index contributed by atoms with van der Waals surface area (Å²) < 4.78 is 4.65. The van der Waals surface area contributed by atoms with Crippen LogP contribution in [0.5, 0.6) is 0 Å². The summed E-state index contributed by atoms with van der Waals surface area (Å²) in [5.41, 5.74) is 1.42. The molecule has 0 aliphatic heterocycles. The number of ether oxygens (including phenoxy) is 1. The van der Waals surface area contributed by atoms with E-state index in [0.717, 1.165) is 24.8 Å². The fraction of sp³-hybridized carbons (Fsp3) is 0.750. The van der Waals surface area contributed by atoms with Crippen LogP contribution in [0.15, 0.2) is 11.1 Å². The highest BCUT2D eigenvalue weighted by molar-refractivity contribution is 5.88. The van der Waals surface area contributed by atoms with Crippen molar-refractivity contribution in [3.63, 3.8) is 0 Å². The van der Waals surface area contributed by atoms with Gasteiger partial charge in [-0.3, -0.25) is 0 Å². The van der Waals surface area contributed by atoms with Gasteiger partial charge >= 0.3 is 5.97 Å². The van der Waals surface area contributed by atoms with Crippen LogP contribution in [0.25, 0.3) is 0 Å². The van der Waals surface area contributed by atoms with Crippen molar-refractivity contribution in [3.05, 3.63) is 11.1 Å². The molecule has 0 aromatic carbocycles.